The summed E-state index contributed by atoms with van der Waals surface area (Å²) in [6, 6.07) is -0.837. The molecule has 0 radical (unpaired) electrons. The van der Waals surface area contributed by atoms with E-state index in [1.165, 1.54) is 6.20 Å². The minimum absolute atomic E-state index is 0.0822. The summed E-state index contributed by atoms with van der Waals surface area (Å²) in [5.41, 5.74) is 0.850. The zero-order valence-electron chi connectivity index (χ0n) is 10.5. The van der Waals surface area contributed by atoms with Crippen LogP contribution in [-0.2, 0) is 0 Å². The molecule has 1 aliphatic rings. The Hall–Kier alpha value is -1.53. The second kappa shape index (κ2) is 5.22. The van der Waals surface area contributed by atoms with Crippen LogP contribution in [0.5, 0.6) is 0 Å². The topological polar surface area (TPSA) is 57.8 Å². The molecule has 2 rings (SSSR count). The van der Waals surface area contributed by atoms with Crippen LogP contribution in [0.2, 0.25) is 0 Å². The van der Waals surface area contributed by atoms with E-state index in [1.807, 2.05) is 0 Å². The molecule has 7 heteroatoms. The van der Waals surface area contributed by atoms with Crippen molar-refractivity contribution < 1.29 is 18.0 Å². The first-order chi connectivity index (χ1) is 8.89. The van der Waals surface area contributed by atoms with Gasteiger partial charge in [-0.25, -0.2) is 0 Å². The number of halogens is 3. The van der Waals surface area contributed by atoms with Gasteiger partial charge in [0, 0.05) is 11.7 Å². The summed E-state index contributed by atoms with van der Waals surface area (Å²) < 4.78 is 38.7. The lowest BCUT2D eigenvalue weighted by molar-refractivity contribution is -0.187. The smallest absolute Gasteiger partial charge is 0.349 e. The summed E-state index contributed by atoms with van der Waals surface area (Å²) in [6.07, 6.45) is -1.21. The minimum Gasteiger partial charge on any atom is -0.349 e. The number of nitrogens with one attached hydrogen (secondary N) is 2. The number of alkyl halides is 3. The first-order valence-electron chi connectivity index (χ1n) is 6.27. The van der Waals surface area contributed by atoms with Gasteiger partial charge in [-0.3, -0.25) is 9.89 Å². The monoisotopic (exact) mass is 275 g/mol. The van der Waals surface area contributed by atoms with E-state index < -0.39 is 24.0 Å². The molecule has 19 heavy (non-hydrogen) atoms. The van der Waals surface area contributed by atoms with E-state index in [2.05, 4.69) is 15.5 Å². The van der Waals surface area contributed by atoms with E-state index >= 15 is 0 Å². The summed E-state index contributed by atoms with van der Waals surface area (Å²) >= 11 is 0. The highest BCUT2D eigenvalue weighted by Gasteiger charge is 2.46. The van der Waals surface area contributed by atoms with Crippen LogP contribution in [0, 0.1) is 12.8 Å². The molecule has 1 saturated carbocycles. The van der Waals surface area contributed by atoms with E-state index in [-0.39, 0.29) is 6.42 Å². The van der Waals surface area contributed by atoms with E-state index in [9.17, 15) is 18.0 Å². The second-order valence-corrected chi connectivity index (χ2v) is 4.92. The molecule has 0 aliphatic heterocycles. The lowest BCUT2D eigenvalue weighted by Crippen LogP contribution is -2.47. The molecule has 1 heterocycles. The summed E-state index contributed by atoms with van der Waals surface area (Å²) in [5, 5.41) is 8.79. The Bertz CT molecular complexity index is 455. The van der Waals surface area contributed by atoms with E-state index in [4.69, 9.17) is 0 Å². The van der Waals surface area contributed by atoms with Gasteiger partial charge < -0.3 is 5.32 Å². The molecule has 0 saturated heterocycles. The highest BCUT2D eigenvalue weighted by atomic mass is 19.4. The number of aryl methyl sites for hydroxylation is 1. The van der Waals surface area contributed by atoms with Gasteiger partial charge in [0.2, 0.25) is 0 Å². The van der Waals surface area contributed by atoms with Gasteiger partial charge >= 0.3 is 6.18 Å². The van der Waals surface area contributed by atoms with Gasteiger partial charge in [0.25, 0.3) is 5.91 Å². The molecule has 1 amide bonds. The number of nitrogens with zero attached hydrogens (tertiary/aromatic N) is 1. The maximum atomic E-state index is 12.9. The van der Waals surface area contributed by atoms with Gasteiger partial charge in [-0.15, -0.1) is 0 Å². The van der Waals surface area contributed by atoms with Gasteiger partial charge in [-0.1, -0.05) is 12.8 Å². The van der Waals surface area contributed by atoms with Crippen LogP contribution in [0.4, 0.5) is 13.2 Å². The SMILES string of the molecule is Cc1[nH]ncc1C(=O)NC1CCCCC1C(F)(F)F. The van der Waals surface area contributed by atoms with Gasteiger partial charge in [-0.2, -0.15) is 18.3 Å². The number of aromatic amines is 1. The molecule has 4 nitrogen and oxygen atoms in total. The molecule has 0 bridgehead atoms. The minimum atomic E-state index is -4.26. The molecule has 106 valence electrons. The van der Waals surface area contributed by atoms with Crippen molar-refractivity contribution in [3.05, 3.63) is 17.5 Å². The first-order valence-corrected chi connectivity index (χ1v) is 6.27. The standard InChI is InChI=1S/C12H16F3N3O/c1-7-8(6-16-18-7)11(19)17-10-5-3-2-4-9(10)12(13,14)15/h6,9-10H,2-5H2,1H3,(H,16,18)(H,17,19). The average molecular weight is 275 g/mol. The summed E-state index contributed by atoms with van der Waals surface area (Å²) in [6.45, 7) is 1.66. The highest BCUT2D eigenvalue weighted by molar-refractivity contribution is 5.95. The molecule has 2 atom stereocenters. The normalized spacial score (nSPS) is 24.2. The van der Waals surface area contributed by atoms with Crippen molar-refractivity contribution >= 4 is 5.91 Å². The van der Waals surface area contributed by atoms with Crippen LogP contribution in [0.3, 0.4) is 0 Å². The van der Waals surface area contributed by atoms with Crippen molar-refractivity contribution in [2.45, 2.75) is 44.8 Å². The van der Waals surface area contributed by atoms with E-state index in [0.717, 1.165) is 0 Å². The fourth-order valence-corrected chi connectivity index (χ4v) is 2.52. The van der Waals surface area contributed by atoms with Crippen molar-refractivity contribution in [2.75, 3.05) is 0 Å². The van der Waals surface area contributed by atoms with Crippen molar-refractivity contribution in [1.82, 2.24) is 15.5 Å². The zero-order chi connectivity index (χ0) is 14.0. The number of carbonyl (C=O) groups is 1. The highest BCUT2D eigenvalue weighted by Crippen LogP contribution is 2.37. The molecule has 2 N–H and O–H groups in total. The third-order valence-corrected chi connectivity index (χ3v) is 3.58. The Morgan fingerprint density at radius 2 is 2.11 bits per heavy atom. The quantitative estimate of drug-likeness (QED) is 0.871. The number of hydrogen-bond acceptors (Lipinski definition) is 2. The molecule has 2 unspecified atom stereocenters. The number of aromatic nitrogens is 2. The van der Waals surface area contributed by atoms with Gasteiger partial charge in [0.15, 0.2) is 0 Å². The lowest BCUT2D eigenvalue weighted by Gasteiger charge is -2.33. The third kappa shape index (κ3) is 3.08. The fraction of sp³-hybridized carbons (Fsp3) is 0.667. The van der Waals surface area contributed by atoms with Crippen LogP contribution in [0.1, 0.15) is 41.7 Å². The first kappa shape index (κ1) is 13.9. The Morgan fingerprint density at radius 3 is 2.68 bits per heavy atom. The second-order valence-electron chi connectivity index (χ2n) is 4.92. The van der Waals surface area contributed by atoms with Crippen LogP contribution in [-0.4, -0.2) is 28.3 Å². The zero-order valence-corrected chi connectivity index (χ0v) is 10.5. The molecular weight excluding hydrogens is 259 g/mol. The number of rotatable bonds is 2. The molecule has 1 aromatic heterocycles. The molecular formula is C12H16F3N3O. The van der Waals surface area contributed by atoms with Crippen molar-refractivity contribution in [3.63, 3.8) is 0 Å². The number of hydrogen-bond donors (Lipinski definition) is 2. The summed E-state index contributed by atoms with van der Waals surface area (Å²) in [5.74, 6) is -1.94. The van der Waals surface area contributed by atoms with Crippen molar-refractivity contribution in [2.24, 2.45) is 5.92 Å². The summed E-state index contributed by atoms with van der Waals surface area (Å²) in [7, 11) is 0. The van der Waals surface area contributed by atoms with Crippen LogP contribution >= 0.6 is 0 Å². The van der Waals surface area contributed by atoms with Gasteiger partial charge in [0.1, 0.15) is 0 Å². The van der Waals surface area contributed by atoms with E-state index in [1.54, 1.807) is 6.92 Å². The largest absolute Gasteiger partial charge is 0.393 e. The van der Waals surface area contributed by atoms with Gasteiger partial charge in [0.05, 0.1) is 17.7 Å². The number of amides is 1. The maximum Gasteiger partial charge on any atom is 0.393 e. The summed E-state index contributed by atoms with van der Waals surface area (Å²) in [4.78, 5) is 11.9. The van der Waals surface area contributed by atoms with Crippen molar-refractivity contribution in [1.29, 1.82) is 0 Å². The molecule has 1 aliphatic carbocycles. The predicted molar refractivity (Wildman–Crippen MR) is 62.6 cm³/mol. The average Bonchev–Trinajstić information content (AvgIpc) is 2.75. The Balaban J connectivity index is 2.08. The fourth-order valence-electron chi connectivity index (χ4n) is 2.52. The number of H-pyrrole nitrogens is 1. The molecule has 0 aromatic carbocycles. The van der Waals surface area contributed by atoms with E-state index in [0.29, 0.717) is 30.5 Å². The van der Waals surface area contributed by atoms with Crippen LogP contribution < -0.4 is 5.32 Å². The van der Waals surface area contributed by atoms with Crippen LogP contribution in [0.15, 0.2) is 6.20 Å². The Labute approximate surface area is 108 Å². The Morgan fingerprint density at radius 1 is 1.42 bits per heavy atom. The molecule has 1 aromatic rings. The molecule has 0 spiro atoms. The van der Waals surface area contributed by atoms with Gasteiger partial charge in [-0.05, 0) is 19.8 Å². The van der Waals surface area contributed by atoms with Crippen LogP contribution in [0.25, 0.3) is 0 Å². The third-order valence-electron chi connectivity index (χ3n) is 3.58. The number of carbonyl (C=O) groups excluding carboxylic acids is 1. The molecule has 1 fully saturated rings. The maximum absolute atomic E-state index is 12.9. The predicted octanol–water partition coefficient (Wildman–Crippen LogP) is 2.57. The lowest BCUT2D eigenvalue weighted by atomic mass is 9.84. The Kier molecular flexibility index (Phi) is 3.82. The van der Waals surface area contributed by atoms with Crippen molar-refractivity contribution in [3.8, 4) is 0 Å².